The van der Waals surface area contributed by atoms with E-state index in [1.165, 1.54) is 0 Å². The number of carbonyl (C=O) groups excluding carboxylic acids is 2. The number of nitrogens with one attached hydrogen (secondary N) is 1. The number of ketones is 1. The summed E-state index contributed by atoms with van der Waals surface area (Å²) in [7, 11) is 0. The minimum Gasteiger partial charge on any atom is -0.445 e. The lowest BCUT2D eigenvalue weighted by Crippen LogP contribution is -2.55. The van der Waals surface area contributed by atoms with Crippen LogP contribution in [0, 0.1) is 0 Å². The van der Waals surface area contributed by atoms with Crippen molar-refractivity contribution in [1.82, 2.24) is 10.2 Å². The van der Waals surface area contributed by atoms with Gasteiger partial charge < -0.3 is 15.0 Å². The monoisotopic (exact) mass is 388 g/mol. The molecule has 2 aromatic carbocycles. The van der Waals surface area contributed by atoms with E-state index < -0.39 is 0 Å². The maximum atomic E-state index is 12.5. The fraction of sp³-hybridized carbons (Fsp3) is 0.333. The molecule has 1 aliphatic heterocycles. The molecule has 1 saturated heterocycles. The van der Waals surface area contributed by atoms with E-state index in [2.05, 4.69) is 5.32 Å². The van der Waals surface area contributed by atoms with Crippen molar-refractivity contribution < 1.29 is 14.3 Å². The first-order valence-electron chi connectivity index (χ1n) is 8.98. The van der Waals surface area contributed by atoms with E-state index >= 15 is 0 Å². The van der Waals surface area contributed by atoms with Crippen LogP contribution in [0.4, 0.5) is 4.79 Å². The van der Waals surface area contributed by atoms with E-state index in [9.17, 15) is 9.59 Å². The molecule has 0 radical (unpaired) electrons. The lowest BCUT2D eigenvalue weighted by Gasteiger charge is -2.32. The van der Waals surface area contributed by atoms with Crippen LogP contribution in [0.1, 0.15) is 17.5 Å². The molecule has 5 nitrogen and oxygen atoms in total. The Labute approximate surface area is 166 Å². The van der Waals surface area contributed by atoms with Gasteiger partial charge in [0.15, 0.2) is 5.78 Å². The molecule has 0 aromatic heterocycles. The summed E-state index contributed by atoms with van der Waals surface area (Å²) in [4.78, 5) is 26.4. The van der Waals surface area contributed by atoms with Crippen molar-refractivity contribution in [2.75, 3.05) is 19.6 Å². The topological polar surface area (TPSA) is 58.6 Å². The van der Waals surface area contributed by atoms with Crippen molar-refractivity contribution in [2.24, 2.45) is 0 Å². The standard InChI is InChI=1S/C21H24N2O3.ClH/c24-20(12-11-17-7-3-1-4-8-17)19-15-23(14-13-22-19)21(25)26-16-18-9-5-2-6-10-18;/h1-10,19,22H,11-16H2;1H. The summed E-state index contributed by atoms with van der Waals surface area (Å²) < 4.78 is 5.37. The van der Waals surface area contributed by atoms with E-state index in [0.29, 0.717) is 26.1 Å². The van der Waals surface area contributed by atoms with Gasteiger partial charge in [-0.15, -0.1) is 12.4 Å². The molecule has 144 valence electrons. The normalized spacial score (nSPS) is 16.3. The van der Waals surface area contributed by atoms with Gasteiger partial charge in [0.1, 0.15) is 6.61 Å². The number of hydrogen-bond acceptors (Lipinski definition) is 4. The minimum absolute atomic E-state index is 0. The molecule has 0 spiro atoms. The van der Waals surface area contributed by atoms with Gasteiger partial charge in [-0.05, 0) is 17.5 Å². The SMILES string of the molecule is Cl.O=C(CCc1ccccc1)C1CN(C(=O)OCc2ccccc2)CCN1. The summed E-state index contributed by atoms with van der Waals surface area (Å²) in [5, 5.41) is 3.21. The number of carbonyl (C=O) groups is 2. The second kappa shape index (κ2) is 10.7. The third kappa shape index (κ3) is 6.38. The number of amides is 1. The fourth-order valence-corrected chi connectivity index (χ4v) is 3.03. The summed E-state index contributed by atoms with van der Waals surface area (Å²) >= 11 is 0. The Bertz CT molecular complexity index is 663. The maximum Gasteiger partial charge on any atom is 0.410 e. The Hall–Kier alpha value is -2.37. The number of halogens is 1. The number of hydrogen-bond donors (Lipinski definition) is 1. The Balaban J connectivity index is 0.00000261. The molecule has 1 N–H and O–H groups in total. The van der Waals surface area contributed by atoms with E-state index in [-0.39, 0.29) is 36.9 Å². The lowest BCUT2D eigenvalue weighted by atomic mass is 10.0. The first kappa shape index (κ1) is 20.9. The van der Waals surface area contributed by atoms with Crippen molar-refractivity contribution in [3.63, 3.8) is 0 Å². The highest BCUT2D eigenvalue weighted by Gasteiger charge is 2.28. The van der Waals surface area contributed by atoms with Gasteiger partial charge in [0.05, 0.1) is 6.04 Å². The van der Waals surface area contributed by atoms with Crippen LogP contribution in [0.15, 0.2) is 60.7 Å². The van der Waals surface area contributed by atoms with Crippen LogP contribution in [0.2, 0.25) is 0 Å². The zero-order chi connectivity index (χ0) is 18.2. The number of benzene rings is 2. The third-order valence-corrected chi connectivity index (χ3v) is 4.53. The Morgan fingerprint density at radius 1 is 1.00 bits per heavy atom. The maximum absolute atomic E-state index is 12.5. The summed E-state index contributed by atoms with van der Waals surface area (Å²) in [5.41, 5.74) is 2.10. The van der Waals surface area contributed by atoms with Gasteiger partial charge in [-0.3, -0.25) is 4.79 Å². The highest BCUT2D eigenvalue weighted by molar-refractivity contribution is 5.85. The molecule has 0 saturated carbocycles. The van der Waals surface area contributed by atoms with Crippen molar-refractivity contribution in [3.8, 4) is 0 Å². The summed E-state index contributed by atoms with van der Waals surface area (Å²) in [6.45, 7) is 1.76. The predicted molar refractivity (Wildman–Crippen MR) is 107 cm³/mol. The Kier molecular flexibility index (Phi) is 8.30. The Morgan fingerprint density at radius 3 is 2.30 bits per heavy atom. The van der Waals surface area contributed by atoms with Crippen LogP contribution in [0.3, 0.4) is 0 Å². The molecule has 0 aliphatic carbocycles. The van der Waals surface area contributed by atoms with Crippen LogP contribution in [0.25, 0.3) is 0 Å². The number of ether oxygens (including phenoxy) is 1. The molecule has 1 heterocycles. The molecular weight excluding hydrogens is 364 g/mol. The molecule has 1 amide bonds. The highest BCUT2D eigenvalue weighted by Crippen LogP contribution is 2.09. The average molecular weight is 389 g/mol. The zero-order valence-electron chi connectivity index (χ0n) is 15.2. The number of nitrogens with zero attached hydrogens (tertiary/aromatic N) is 1. The number of rotatable bonds is 6. The lowest BCUT2D eigenvalue weighted by molar-refractivity contribution is -0.121. The molecule has 1 unspecified atom stereocenters. The smallest absolute Gasteiger partial charge is 0.410 e. The van der Waals surface area contributed by atoms with Crippen LogP contribution >= 0.6 is 12.4 Å². The van der Waals surface area contributed by atoms with Gasteiger partial charge in [0, 0.05) is 26.1 Å². The summed E-state index contributed by atoms with van der Waals surface area (Å²) in [5.74, 6) is 0.134. The Morgan fingerprint density at radius 2 is 1.63 bits per heavy atom. The van der Waals surface area contributed by atoms with Crippen LogP contribution in [-0.4, -0.2) is 42.5 Å². The highest BCUT2D eigenvalue weighted by atomic mass is 35.5. The first-order chi connectivity index (χ1) is 12.7. The van der Waals surface area contributed by atoms with Gasteiger partial charge in [-0.2, -0.15) is 0 Å². The van der Waals surface area contributed by atoms with Crippen LogP contribution < -0.4 is 5.32 Å². The quantitative estimate of drug-likeness (QED) is 0.825. The molecule has 3 rings (SSSR count). The van der Waals surface area contributed by atoms with E-state index in [1.54, 1.807) is 4.90 Å². The first-order valence-corrected chi connectivity index (χ1v) is 8.98. The molecule has 27 heavy (non-hydrogen) atoms. The van der Waals surface area contributed by atoms with Gasteiger partial charge in [-0.1, -0.05) is 60.7 Å². The minimum atomic E-state index is -0.365. The van der Waals surface area contributed by atoms with E-state index in [4.69, 9.17) is 4.74 Å². The molecule has 6 heteroatoms. The van der Waals surface area contributed by atoms with Crippen molar-refractivity contribution in [3.05, 3.63) is 71.8 Å². The molecule has 1 fully saturated rings. The second-order valence-electron chi connectivity index (χ2n) is 6.44. The van der Waals surface area contributed by atoms with Crippen LogP contribution in [0.5, 0.6) is 0 Å². The average Bonchev–Trinajstić information content (AvgIpc) is 2.72. The number of aryl methyl sites for hydroxylation is 1. The molecule has 1 aliphatic rings. The van der Waals surface area contributed by atoms with Crippen molar-refractivity contribution in [2.45, 2.75) is 25.5 Å². The second-order valence-corrected chi connectivity index (χ2v) is 6.44. The molecular formula is C21H25ClN2O3. The molecule has 2 aromatic rings. The van der Waals surface area contributed by atoms with Crippen molar-refractivity contribution >= 4 is 24.3 Å². The van der Waals surface area contributed by atoms with Crippen molar-refractivity contribution in [1.29, 1.82) is 0 Å². The van der Waals surface area contributed by atoms with E-state index in [0.717, 1.165) is 17.5 Å². The van der Waals surface area contributed by atoms with Gasteiger partial charge in [0.25, 0.3) is 0 Å². The fourth-order valence-electron chi connectivity index (χ4n) is 3.03. The van der Waals surface area contributed by atoms with Gasteiger partial charge in [0.2, 0.25) is 0 Å². The van der Waals surface area contributed by atoms with Gasteiger partial charge in [-0.25, -0.2) is 4.79 Å². The number of piperazine rings is 1. The summed E-state index contributed by atoms with van der Waals surface area (Å²) in [6.07, 6.45) is 0.821. The van der Waals surface area contributed by atoms with Crippen LogP contribution in [-0.2, 0) is 22.6 Å². The van der Waals surface area contributed by atoms with Gasteiger partial charge >= 0.3 is 6.09 Å². The molecule has 0 bridgehead atoms. The largest absolute Gasteiger partial charge is 0.445 e. The predicted octanol–water partition coefficient (Wildman–Crippen LogP) is 3.22. The zero-order valence-corrected chi connectivity index (χ0v) is 16.0. The third-order valence-electron chi connectivity index (χ3n) is 4.53. The molecule has 1 atom stereocenters. The summed E-state index contributed by atoms with van der Waals surface area (Å²) in [6, 6.07) is 19.2. The van der Waals surface area contributed by atoms with E-state index in [1.807, 2.05) is 60.7 Å². The number of Topliss-reactive ketones (excluding diaryl/α,β-unsaturated/α-hetero) is 1.